The number of hydrazone groups is 1. The van der Waals surface area contributed by atoms with E-state index in [1.807, 2.05) is 24.3 Å². The molecule has 0 radical (unpaired) electrons. The highest BCUT2D eigenvalue weighted by Gasteiger charge is 2.17. The normalized spacial score (nSPS) is 10.7. The number of nitrogens with zero attached hydrogens (tertiary/aromatic N) is 2. The zero-order valence-corrected chi connectivity index (χ0v) is 14.8. The lowest BCUT2D eigenvalue weighted by Gasteiger charge is -2.05. The van der Waals surface area contributed by atoms with Crippen molar-refractivity contribution in [2.45, 2.75) is 26.7 Å². The topological polar surface area (TPSA) is 93.8 Å². The lowest BCUT2D eigenvalue weighted by Crippen LogP contribution is -2.19. The van der Waals surface area contributed by atoms with Crippen molar-refractivity contribution < 1.29 is 14.5 Å². The van der Waals surface area contributed by atoms with Crippen LogP contribution in [0.3, 0.4) is 0 Å². The molecule has 136 valence electrons. The fourth-order valence-corrected chi connectivity index (χ4v) is 2.28. The molecule has 7 nitrogen and oxygen atoms in total. The first-order valence-electron chi connectivity index (χ1n) is 8.33. The fourth-order valence-electron chi connectivity index (χ4n) is 2.28. The number of carbonyl (C=O) groups is 1. The summed E-state index contributed by atoms with van der Waals surface area (Å²) in [4.78, 5) is 22.6. The van der Waals surface area contributed by atoms with Crippen LogP contribution in [0.1, 0.15) is 41.3 Å². The van der Waals surface area contributed by atoms with E-state index in [2.05, 4.69) is 17.5 Å². The molecule has 2 rings (SSSR count). The number of carbonyl (C=O) groups excluding carboxylic acids is 1. The van der Waals surface area contributed by atoms with Gasteiger partial charge < -0.3 is 4.74 Å². The molecule has 0 aromatic heterocycles. The number of ether oxygens (including phenoxy) is 1. The summed E-state index contributed by atoms with van der Waals surface area (Å²) in [7, 11) is 0. The molecule has 0 aliphatic heterocycles. The van der Waals surface area contributed by atoms with Crippen molar-refractivity contribution in [2.75, 3.05) is 6.61 Å². The van der Waals surface area contributed by atoms with Crippen molar-refractivity contribution in [3.8, 4) is 5.75 Å². The van der Waals surface area contributed by atoms with E-state index in [1.54, 1.807) is 0 Å². The maximum absolute atomic E-state index is 12.2. The van der Waals surface area contributed by atoms with Crippen LogP contribution in [0.2, 0.25) is 0 Å². The van der Waals surface area contributed by atoms with Crippen LogP contribution < -0.4 is 10.2 Å². The Balaban J connectivity index is 1.97. The van der Waals surface area contributed by atoms with Crippen molar-refractivity contribution in [2.24, 2.45) is 5.10 Å². The van der Waals surface area contributed by atoms with E-state index in [0.29, 0.717) is 12.2 Å². The highest BCUT2D eigenvalue weighted by atomic mass is 16.6. The predicted molar refractivity (Wildman–Crippen MR) is 99.7 cm³/mol. The van der Waals surface area contributed by atoms with Gasteiger partial charge in [0.25, 0.3) is 11.6 Å². The van der Waals surface area contributed by atoms with Crippen molar-refractivity contribution in [3.05, 3.63) is 69.3 Å². The number of amides is 1. The van der Waals surface area contributed by atoms with Crippen LogP contribution in [0.15, 0.2) is 47.6 Å². The van der Waals surface area contributed by atoms with Crippen LogP contribution in [0.4, 0.5) is 5.69 Å². The highest BCUT2D eigenvalue weighted by molar-refractivity contribution is 5.97. The molecule has 0 saturated heterocycles. The number of hydrogen-bond donors (Lipinski definition) is 1. The minimum Gasteiger partial charge on any atom is -0.494 e. The van der Waals surface area contributed by atoms with E-state index in [-0.39, 0.29) is 11.3 Å². The van der Waals surface area contributed by atoms with Crippen LogP contribution >= 0.6 is 0 Å². The Labute approximate surface area is 151 Å². The largest absolute Gasteiger partial charge is 0.494 e. The highest BCUT2D eigenvalue weighted by Crippen LogP contribution is 2.20. The molecule has 2 aromatic rings. The summed E-state index contributed by atoms with van der Waals surface area (Å²) in [5.41, 5.74) is 3.61. The predicted octanol–water partition coefficient (Wildman–Crippen LogP) is 3.85. The number of unbranched alkanes of at least 4 members (excludes halogenated alkanes) is 1. The lowest BCUT2D eigenvalue weighted by atomic mass is 10.1. The molecule has 0 spiro atoms. The van der Waals surface area contributed by atoms with Gasteiger partial charge in [0.05, 0.1) is 23.3 Å². The van der Waals surface area contributed by atoms with Gasteiger partial charge in [-0.3, -0.25) is 14.9 Å². The molecule has 26 heavy (non-hydrogen) atoms. The molecule has 0 unspecified atom stereocenters. The van der Waals surface area contributed by atoms with E-state index < -0.39 is 10.8 Å². The van der Waals surface area contributed by atoms with E-state index in [0.717, 1.165) is 24.2 Å². The molecule has 0 aliphatic rings. The van der Waals surface area contributed by atoms with Gasteiger partial charge >= 0.3 is 0 Å². The Kier molecular flexibility index (Phi) is 6.84. The smallest absolute Gasteiger partial charge is 0.273 e. The molecule has 0 aliphatic carbocycles. The molecule has 0 bridgehead atoms. The van der Waals surface area contributed by atoms with Crippen LogP contribution in [0.5, 0.6) is 5.75 Å². The van der Waals surface area contributed by atoms with Crippen molar-refractivity contribution >= 4 is 17.8 Å². The molecule has 1 N–H and O–H groups in total. The Morgan fingerprint density at radius 1 is 1.27 bits per heavy atom. The number of nitrogens with one attached hydrogen (secondary N) is 1. The summed E-state index contributed by atoms with van der Waals surface area (Å²) in [6, 6.07) is 11.7. The van der Waals surface area contributed by atoms with Crippen molar-refractivity contribution in [3.63, 3.8) is 0 Å². The average Bonchev–Trinajstić information content (AvgIpc) is 2.63. The van der Waals surface area contributed by atoms with Gasteiger partial charge in [0.2, 0.25) is 0 Å². The van der Waals surface area contributed by atoms with Gasteiger partial charge in [0.15, 0.2) is 0 Å². The molecule has 2 aromatic carbocycles. The Hall–Kier alpha value is -3.22. The second kappa shape index (κ2) is 9.31. The maximum atomic E-state index is 12.2. The minimum atomic E-state index is -0.514. The van der Waals surface area contributed by atoms with E-state index in [9.17, 15) is 14.9 Å². The second-order valence-corrected chi connectivity index (χ2v) is 5.68. The summed E-state index contributed by atoms with van der Waals surface area (Å²) in [6.45, 7) is 4.32. The molecule has 0 saturated carbocycles. The standard InChI is InChI=1S/C19H21N3O4/c1-3-4-12-26-16-10-8-15(9-11-16)13-20-21-19(23)17-6-5-7-18(14(17)2)22(24)25/h5-11,13H,3-4,12H2,1-2H3,(H,21,23)/b20-13+. The minimum absolute atomic E-state index is 0.0970. The maximum Gasteiger partial charge on any atom is 0.273 e. The Bertz CT molecular complexity index is 801. The molecule has 0 heterocycles. The summed E-state index contributed by atoms with van der Waals surface area (Å²) < 4.78 is 5.58. The molecule has 1 amide bonds. The van der Waals surface area contributed by atoms with Crippen molar-refractivity contribution in [1.29, 1.82) is 0 Å². The third-order valence-corrected chi connectivity index (χ3v) is 3.77. The first-order valence-corrected chi connectivity index (χ1v) is 8.33. The SMILES string of the molecule is CCCCOc1ccc(/C=N/NC(=O)c2cccc([N+](=O)[O-])c2C)cc1. The second-order valence-electron chi connectivity index (χ2n) is 5.68. The molecule has 0 atom stereocenters. The van der Waals surface area contributed by atoms with Crippen molar-refractivity contribution in [1.82, 2.24) is 5.43 Å². The van der Waals surface area contributed by atoms with Gasteiger partial charge in [0.1, 0.15) is 5.75 Å². The molecular formula is C19H21N3O4. The van der Waals surface area contributed by atoms with E-state index in [1.165, 1.54) is 31.3 Å². The van der Waals surface area contributed by atoms with Crippen LogP contribution in [0.25, 0.3) is 0 Å². The first kappa shape index (κ1) is 19.1. The van der Waals surface area contributed by atoms with Crippen LogP contribution in [-0.4, -0.2) is 23.7 Å². The third-order valence-electron chi connectivity index (χ3n) is 3.77. The van der Waals surface area contributed by atoms with Gasteiger partial charge in [-0.2, -0.15) is 5.10 Å². The zero-order chi connectivity index (χ0) is 18.9. The number of rotatable bonds is 8. The van der Waals surface area contributed by atoms with E-state index >= 15 is 0 Å². The monoisotopic (exact) mass is 355 g/mol. The van der Waals surface area contributed by atoms with Crippen LogP contribution in [-0.2, 0) is 0 Å². The van der Waals surface area contributed by atoms with Gasteiger partial charge in [-0.05, 0) is 49.2 Å². The molecule has 0 fully saturated rings. The summed E-state index contributed by atoms with van der Waals surface area (Å²) in [5, 5.41) is 14.8. The van der Waals surface area contributed by atoms with E-state index in [4.69, 9.17) is 4.74 Å². The first-order chi connectivity index (χ1) is 12.5. The quantitative estimate of drug-likeness (QED) is 0.337. The Morgan fingerprint density at radius 3 is 2.65 bits per heavy atom. The summed E-state index contributed by atoms with van der Waals surface area (Å²) >= 11 is 0. The average molecular weight is 355 g/mol. The van der Waals surface area contributed by atoms with Crippen LogP contribution in [0, 0.1) is 17.0 Å². The Morgan fingerprint density at radius 2 is 2.00 bits per heavy atom. The zero-order valence-electron chi connectivity index (χ0n) is 14.8. The number of nitro groups is 1. The van der Waals surface area contributed by atoms with Gasteiger partial charge in [0, 0.05) is 11.6 Å². The third kappa shape index (κ3) is 5.14. The van der Waals surface area contributed by atoms with Gasteiger partial charge in [-0.1, -0.05) is 19.4 Å². The summed E-state index contributed by atoms with van der Waals surface area (Å²) in [5.74, 6) is 0.286. The molecule has 7 heteroatoms. The summed E-state index contributed by atoms with van der Waals surface area (Å²) in [6.07, 6.45) is 3.58. The number of nitro benzene ring substituents is 1. The number of benzene rings is 2. The fraction of sp³-hybridized carbons (Fsp3) is 0.263. The number of hydrogen-bond acceptors (Lipinski definition) is 5. The van der Waals surface area contributed by atoms with Gasteiger partial charge in [-0.25, -0.2) is 5.43 Å². The van der Waals surface area contributed by atoms with Gasteiger partial charge in [-0.15, -0.1) is 0 Å². The lowest BCUT2D eigenvalue weighted by molar-refractivity contribution is -0.385. The molecular weight excluding hydrogens is 334 g/mol.